The van der Waals surface area contributed by atoms with Crippen molar-refractivity contribution in [3.63, 3.8) is 0 Å². The minimum atomic E-state index is -1.39. The molecule has 0 heterocycles. The summed E-state index contributed by atoms with van der Waals surface area (Å²) in [7, 11) is 1.72. The van der Waals surface area contributed by atoms with E-state index in [1.54, 1.807) is 7.05 Å². The number of nitrogens with one attached hydrogen (secondary N) is 1. The van der Waals surface area contributed by atoms with Crippen LogP contribution in [0.4, 0.5) is 13.2 Å². The van der Waals surface area contributed by atoms with Gasteiger partial charge in [-0.3, -0.25) is 0 Å². The molecule has 19 heavy (non-hydrogen) atoms. The van der Waals surface area contributed by atoms with E-state index in [0.717, 1.165) is 31.7 Å². The average molecular weight is 273 g/mol. The van der Waals surface area contributed by atoms with Crippen LogP contribution in [0.15, 0.2) is 12.1 Å². The molecule has 1 N–H and O–H groups in total. The molecule has 0 spiro atoms. The highest BCUT2D eigenvalue weighted by molar-refractivity contribution is 5.24. The Bertz CT molecular complexity index is 407. The lowest BCUT2D eigenvalue weighted by atomic mass is 9.86. The summed E-state index contributed by atoms with van der Waals surface area (Å²) in [5.41, 5.74) is 0.212. The maximum atomic E-state index is 13.9. The van der Waals surface area contributed by atoms with Gasteiger partial charge in [0, 0.05) is 11.6 Å². The molecular formula is C15H22F3N. The maximum Gasteiger partial charge on any atom is 0.194 e. The largest absolute Gasteiger partial charge is 0.313 e. The van der Waals surface area contributed by atoms with Crippen LogP contribution in [0.3, 0.4) is 0 Å². The third-order valence-electron chi connectivity index (χ3n) is 3.64. The normalized spacial score (nSPS) is 14.4. The van der Waals surface area contributed by atoms with Crippen molar-refractivity contribution in [3.05, 3.63) is 35.1 Å². The number of unbranched alkanes of at least 4 members (excludes halogenated alkanes) is 1. The molecule has 0 fully saturated rings. The van der Waals surface area contributed by atoms with Gasteiger partial charge in [-0.1, -0.05) is 39.2 Å². The molecule has 0 aliphatic rings. The molecule has 0 radical (unpaired) electrons. The molecule has 1 aromatic carbocycles. The molecule has 2 atom stereocenters. The van der Waals surface area contributed by atoms with Gasteiger partial charge in [0.25, 0.3) is 0 Å². The summed E-state index contributed by atoms with van der Waals surface area (Å²) in [6, 6.07) is 2.04. The Morgan fingerprint density at radius 2 is 1.79 bits per heavy atom. The molecule has 1 rings (SSSR count). The van der Waals surface area contributed by atoms with Gasteiger partial charge < -0.3 is 5.32 Å². The van der Waals surface area contributed by atoms with E-state index in [2.05, 4.69) is 12.2 Å². The van der Waals surface area contributed by atoms with Gasteiger partial charge in [-0.25, -0.2) is 13.2 Å². The summed E-state index contributed by atoms with van der Waals surface area (Å²) in [6.45, 7) is 4.13. The van der Waals surface area contributed by atoms with Crippen molar-refractivity contribution in [3.8, 4) is 0 Å². The van der Waals surface area contributed by atoms with Crippen molar-refractivity contribution in [2.24, 2.45) is 5.92 Å². The average Bonchev–Trinajstić information content (AvgIpc) is 2.42. The Morgan fingerprint density at radius 3 is 2.32 bits per heavy atom. The SMILES string of the molecule is CCCCC(CC)C(NC)c1ccc(F)c(F)c1F. The van der Waals surface area contributed by atoms with E-state index in [4.69, 9.17) is 0 Å². The zero-order valence-electron chi connectivity index (χ0n) is 11.8. The summed E-state index contributed by atoms with van der Waals surface area (Å²) >= 11 is 0. The van der Waals surface area contributed by atoms with Gasteiger partial charge in [-0.2, -0.15) is 0 Å². The second-order valence-electron chi connectivity index (χ2n) is 4.84. The van der Waals surface area contributed by atoms with E-state index < -0.39 is 17.5 Å². The number of halogens is 3. The summed E-state index contributed by atoms with van der Waals surface area (Å²) in [4.78, 5) is 0. The van der Waals surface area contributed by atoms with Gasteiger partial charge in [0.1, 0.15) is 0 Å². The van der Waals surface area contributed by atoms with Crippen molar-refractivity contribution in [1.82, 2.24) is 5.32 Å². The molecule has 0 bridgehead atoms. The fraction of sp³-hybridized carbons (Fsp3) is 0.600. The Hall–Kier alpha value is -1.03. The minimum Gasteiger partial charge on any atom is -0.313 e. The molecule has 0 saturated carbocycles. The molecule has 4 heteroatoms. The molecule has 0 aromatic heterocycles. The van der Waals surface area contributed by atoms with Crippen LogP contribution in [-0.2, 0) is 0 Å². The Labute approximate surface area is 113 Å². The molecule has 0 aliphatic carbocycles. The van der Waals surface area contributed by atoms with Crippen LogP contribution in [0, 0.1) is 23.4 Å². The lowest BCUT2D eigenvalue weighted by molar-refractivity contribution is 0.324. The van der Waals surface area contributed by atoms with E-state index in [0.29, 0.717) is 0 Å². The van der Waals surface area contributed by atoms with Crippen molar-refractivity contribution < 1.29 is 13.2 Å². The first-order chi connectivity index (χ1) is 9.06. The van der Waals surface area contributed by atoms with Crippen LogP contribution in [0.5, 0.6) is 0 Å². The highest BCUT2D eigenvalue weighted by Gasteiger charge is 2.25. The van der Waals surface area contributed by atoms with Gasteiger partial charge in [0.05, 0.1) is 0 Å². The van der Waals surface area contributed by atoms with Crippen molar-refractivity contribution in [2.75, 3.05) is 7.05 Å². The molecule has 0 saturated heterocycles. The first-order valence-corrected chi connectivity index (χ1v) is 6.87. The third kappa shape index (κ3) is 3.72. The van der Waals surface area contributed by atoms with E-state index in [1.165, 1.54) is 6.07 Å². The zero-order valence-corrected chi connectivity index (χ0v) is 11.8. The summed E-state index contributed by atoms with van der Waals surface area (Å²) in [5.74, 6) is -3.39. The van der Waals surface area contributed by atoms with Crippen LogP contribution in [0.2, 0.25) is 0 Å². The topological polar surface area (TPSA) is 12.0 Å². The highest BCUT2D eigenvalue weighted by atomic mass is 19.2. The molecule has 2 unspecified atom stereocenters. The van der Waals surface area contributed by atoms with Crippen molar-refractivity contribution >= 4 is 0 Å². The van der Waals surface area contributed by atoms with Gasteiger partial charge in [0.15, 0.2) is 17.5 Å². The standard InChI is InChI=1S/C15H22F3N/c1-4-6-7-10(5-2)15(19-3)11-8-9-12(16)14(18)13(11)17/h8-10,15,19H,4-7H2,1-3H3. The second kappa shape index (κ2) is 7.53. The van der Waals surface area contributed by atoms with Crippen LogP contribution in [0.25, 0.3) is 0 Å². The Morgan fingerprint density at radius 1 is 1.11 bits per heavy atom. The fourth-order valence-corrected chi connectivity index (χ4v) is 2.50. The predicted molar refractivity (Wildman–Crippen MR) is 71.4 cm³/mol. The number of benzene rings is 1. The van der Waals surface area contributed by atoms with Crippen LogP contribution in [-0.4, -0.2) is 7.05 Å². The summed E-state index contributed by atoms with van der Waals surface area (Å²) in [5, 5.41) is 3.04. The molecule has 108 valence electrons. The van der Waals surface area contributed by atoms with Gasteiger partial charge >= 0.3 is 0 Å². The van der Waals surface area contributed by atoms with Crippen LogP contribution in [0.1, 0.15) is 51.1 Å². The summed E-state index contributed by atoms with van der Waals surface area (Å²) < 4.78 is 40.2. The van der Waals surface area contributed by atoms with Crippen molar-refractivity contribution in [2.45, 2.75) is 45.6 Å². The molecular weight excluding hydrogens is 251 g/mol. The first-order valence-electron chi connectivity index (χ1n) is 6.87. The zero-order chi connectivity index (χ0) is 14.4. The summed E-state index contributed by atoms with van der Waals surface area (Å²) in [6.07, 6.45) is 3.91. The fourth-order valence-electron chi connectivity index (χ4n) is 2.50. The molecule has 0 aliphatic heterocycles. The van der Waals surface area contributed by atoms with Gasteiger partial charge in [0.2, 0.25) is 0 Å². The van der Waals surface area contributed by atoms with Gasteiger partial charge in [-0.15, -0.1) is 0 Å². The lowest BCUT2D eigenvalue weighted by Crippen LogP contribution is -2.26. The first kappa shape index (κ1) is 16.0. The molecule has 1 aromatic rings. The highest BCUT2D eigenvalue weighted by Crippen LogP contribution is 2.31. The van der Waals surface area contributed by atoms with Crippen LogP contribution >= 0.6 is 0 Å². The van der Waals surface area contributed by atoms with E-state index in [9.17, 15) is 13.2 Å². The molecule has 1 nitrogen and oxygen atoms in total. The molecule has 0 amide bonds. The van der Waals surface area contributed by atoms with Crippen LogP contribution < -0.4 is 5.32 Å². The van der Waals surface area contributed by atoms with Crippen molar-refractivity contribution in [1.29, 1.82) is 0 Å². The Balaban J connectivity index is 3.04. The monoisotopic (exact) mass is 273 g/mol. The second-order valence-corrected chi connectivity index (χ2v) is 4.84. The number of hydrogen-bond donors (Lipinski definition) is 1. The quantitative estimate of drug-likeness (QED) is 0.717. The Kier molecular flexibility index (Phi) is 6.35. The minimum absolute atomic E-state index is 0.212. The predicted octanol–water partition coefficient (Wildman–Crippen LogP) is 4.58. The number of hydrogen-bond acceptors (Lipinski definition) is 1. The maximum absolute atomic E-state index is 13.9. The number of rotatable bonds is 7. The van der Waals surface area contributed by atoms with E-state index in [-0.39, 0.29) is 17.5 Å². The van der Waals surface area contributed by atoms with Gasteiger partial charge in [-0.05, 0) is 25.5 Å². The van der Waals surface area contributed by atoms with E-state index in [1.807, 2.05) is 6.92 Å². The third-order valence-corrected chi connectivity index (χ3v) is 3.64. The van der Waals surface area contributed by atoms with E-state index >= 15 is 0 Å². The lowest BCUT2D eigenvalue weighted by Gasteiger charge is -2.27. The smallest absolute Gasteiger partial charge is 0.194 e.